The second-order valence-electron chi connectivity index (χ2n) is 30.7. The molecule has 0 aromatic heterocycles. The SMILES string of the molecule is C.C#Cc1ccc(C#C)cc1.CCC/C(C#Cc1ccc(C#C/C(CCC)=C(/C#Cc2ccc(C#C[Si](C(C)C)(C(C)C)C(C)C)cc2)CCC)cc1)=C(\C#Cc1ccc(C#C[Si](C(C)C)(C(C)C)C(C)C)cc1)CCC.CCC/C(I)=C(\C#Cc1ccc(C#C[Si](C(C)C)(C(C)C)C(C)C)cc1)CCC. The van der Waals surface area contributed by atoms with E-state index < -0.39 is 24.2 Å². The summed E-state index contributed by atoms with van der Waals surface area (Å²) in [4.78, 5) is 0. The average Bonchev–Trinajstić information content (AvgIpc) is 0.810. The molecule has 0 spiro atoms. The molecular formula is C102H131ISi3. The van der Waals surface area contributed by atoms with Crippen molar-refractivity contribution in [3.8, 4) is 118 Å². The number of hydrogen-bond acceptors (Lipinski definition) is 0. The molecule has 0 aliphatic heterocycles. The lowest BCUT2D eigenvalue weighted by molar-refractivity contribution is 0.838. The van der Waals surface area contributed by atoms with E-state index in [0.717, 1.165) is 149 Å². The smallest absolute Gasteiger partial charge is 0.125 e. The predicted octanol–water partition coefficient (Wildman–Crippen LogP) is 28.6. The van der Waals surface area contributed by atoms with E-state index in [0.29, 0.717) is 49.9 Å². The number of rotatable bonds is 21. The normalized spacial score (nSPS) is 11.7. The van der Waals surface area contributed by atoms with Gasteiger partial charge in [0.2, 0.25) is 0 Å². The fourth-order valence-electron chi connectivity index (χ4n) is 14.8. The first-order chi connectivity index (χ1) is 50.0. The van der Waals surface area contributed by atoms with Crippen molar-refractivity contribution < 1.29 is 0 Å². The van der Waals surface area contributed by atoms with Crippen molar-refractivity contribution in [3.63, 3.8) is 0 Å². The van der Waals surface area contributed by atoms with E-state index in [1.54, 1.807) is 0 Å². The summed E-state index contributed by atoms with van der Waals surface area (Å²) in [5, 5.41) is 0. The first-order valence-corrected chi connectivity index (χ1v) is 47.3. The van der Waals surface area contributed by atoms with Crippen LogP contribution in [-0.4, -0.2) is 24.2 Å². The standard InChI is InChI=1S/C64H82Si2.C27H39ISi.C10H6.CH4/c1-17-21-61(63(23-19-3)43-39-57-29-33-59(34-30-57)45-47-65(49(5)6,50(7)8)51(9)10)41-37-55-25-27-56(28-26-55)38-42-62(22-18-2)64(24-20-4)44-40-58-31-35-60(36-32-58)46-48-66(52(11)12,53(13)14)54(15)16;1-9-11-26(27(28)12-10-2)18-17-24-13-15-25(16-14-24)19-20-29(21(3)4,22(5)6)23(7)8;1-3-9-5-7-10(4-2)8-6-9;/h25-36,49-54H,17-24H2,1-16H3;13-16,21-23H,9-12H2,1-8H3;1-2,5-8H;1H4/b63-61+,64-62+;27-26+;;. The van der Waals surface area contributed by atoms with Gasteiger partial charge in [-0.15, -0.1) is 29.5 Å². The van der Waals surface area contributed by atoms with Crippen molar-refractivity contribution in [3.05, 3.63) is 208 Å². The highest BCUT2D eigenvalue weighted by molar-refractivity contribution is 14.1. The zero-order valence-corrected chi connectivity index (χ0v) is 74.4. The van der Waals surface area contributed by atoms with E-state index in [1.165, 1.54) is 15.6 Å². The fraction of sp³-hybridized carbons (Fsp3) is 0.451. The molecule has 0 heterocycles. The fourth-order valence-corrected chi connectivity index (χ4v) is 31.5. The molecule has 0 fully saturated rings. The summed E-state index contributed by atoms with van der Waals surface area (Å²) in [5.41, 5.74) is 33.1. The van der Waals surface area contributed by atoms with Crippen molar-refractivity contribution in [1.82, 2.24) is 0 Å². The van der Waals surface area contributed by atoms with Gasteiger partial charge in [-0.25, -0.2) is 0 Å². The highest BCUT2D eigenvalue weighted by atomic mass is 127. The topological polar surface area (TPSA) is 0 Å². The Morgan fingerprint density at radius 2 is 0.406 bits per heavy atom. The van der Waals surface area contributed by atoms with E-state index in [2.05, 4.69) is 391 Å². The molecule has 0 aliphatic carbocycles. The molecule has 0 amide bonds. The minimum atomic E-state index is -1.78. The van der Waals surface area contributed by atoms with Crippen LogP contribution in [0.3, 0.4) is 0 Å². The quantitative estimate of drug-likeness (QED) is 0.0390. The molecule has 0 radical (unpaired) electrons. The molecule has 0 bridgehead atoms. The molecule has 5 aromatic carbocycles. The third-order valence-electron chi connectivity index (χ3n) is 20.4. The van der Waals surface area contributed by atoms with E-state index in [9.17, 15) is 0 Å². The van der Waals surface area contributed by atoms with Crippen LogP contribution < -0.4 is 0 Å². The molecule has 0 unspecified atom stereocenters. The van der Waals surface area contributed by atoms with Gasteiger partial charge in [0.25, 0.3) is 0 Å². The molecule has 0 nitrogen and oxygen atoms in total. The highest BCUT2D eigenvalue weighted by Gasteiger charge is 2.43. The Morgan fingerprint density at radius 1 is 0.255 bits per heavy atom. The third-order valence-corrected chi connectivity index (χ3v) is 40.5. The molecule has 0 saturated heterocycles. The Bertz CT molecular complexity index is 4010. The van der Waals surface area contributed by atoms with E-state index in [1.807, 2.05) is 24.3 Å². The van der Waals surface area contributed by atoms with E-state index >= 15 is 0 Å². The third kappa shape index (κ3) is 29.1. The van der Waals surface area contributed by atoms with Gasteiger partial charge in [-0.1, -0.05) is 301 Å². The van der Waals surface area contributed by atoms with Crippen molar-refractivity contribution in [2.75, 3.05) is 0 Å². The molecule has 0 atom stereocenters. The summed E-state index contributed by atoms with van der Waals surface area (Å²) in [6.07, 6.45) is 22.5. The van der Waals surface area contributed by atoms with Gasteiger partial charge < -0.3 is 0 Å². The van der Waals surface area contributed by atoms with Crippen LogP contribution in [0.25, 0.3) is 0 Å². The van der Waals surface area contributed by atoms with Crippen molar-refractivity contribution in [2.45, 2.75) is 301 Å². The zero-order valence-electron chi connectivity index (χ0n) is 69.3. The monoisotopic (exact) mass is 1570 g/mol. The van der Waals surface area contributed by atoms with Crippen LogP contribution in [0.5, 0.6) is 0 Å². The zero-order chi connectivity index (χ0) is 78.3. The van der Waals surface area contributed by atoms with Gasteiger partial charge in [-0.2, -0.15) is 0 Å². The van der Waals surface area contributed by atoms with E-state index in [-0.39, 0.29) is 7.43 Å². The van der Waals surface area contributed by atoms with Crippen LogP contribution in [0.15, 0.2) is 153 Å². The van der Waals surface area contributed by atoms with Gasteiger partial charge in [-0.05, 0) is 232 Å². The molecule has 106 heavy (non-hydrogen) atoms. The summed E-state index contributed by atoms with van der Waals surface area (Å²) in [6.45, 7) is 55.8. The summed E-state index contributed by atoms with van der Waals surface area (Å²) in [6, 6.07) is 41.2. The first-order valence-electron chi connectivity index (χ1n) is 39.5. The molecule has 558 valence electrons. The van der Waals surface area contributed by atoms with Crippen LogP contribution >= 0.6 is 22.6 Å². The molecule has 0 aliphatic rings. The van der Waals surface area contributed by atoms with Gasteiger partial charge in [0.1, 0.15) is 24.2 Å². The minimum absolute atomic E-state index is 0. The van der Waals surface area contributed by atoms with Gasteiger partial charge in [0.05, 0.1) is 0 Å². The number of terminal acetylenes is 2. The largest absolute Gasteiger partial charge is 0.146 e. The first kappa shape index (κ1) is 94.4. The Morgan fingerprint density at radius 3 is 0.566 bits per heavy atom. The molecule has 0 saturated carbocycles. The summed E-state index contributed by atoms with van der Waals surface area (Å²) in [5.74, 6) is 50.5. The van der Waals surface area contributed by atoms with Crippen LogP contribution in [0.4, 0.5) is 0 Å². The Labute approximate surface area is 668 Å². The van der Waals surface area contributed by atoms with Gasteiger partial charge in [-0.3, -0.25) is 0 Å². The number of benzene rings is 5. The van der Waals surface area contributed by atoms with Crippen molar-refractivity contribution >= 4 is 46.8 Å². The lowest BCUT2D eigenvalue weighted by Gasteiger charge is -2.38. The number of hydrogen-bond donors (Lipinski definition) is 0. The van der Waals surface area contributed by atoms with Crippen LogP contribution in [0.1, 0.15) is 306 Å². The summed E-state index contributed by atoms with van der Waals surface area (Å²) in [7, 11) is -5.24. The van der Waals surface area contributed by atoms with E-state index in [4.69, 9.17) is 12.8 Å². The molecule has 4 heteroatoms. The van der Waals surface area contributed by atoms with Gasteiger partial charge in [0.15, 0.2) is 0 Å². The second-order valence-corrected chi connectivity index (χ2v) is 48.7. The van der Waals surface area contributed by atoms with Crippen molar-refractivity contribution in [2.24, 2.45) is 0 Å². The van der Waals surface area contributed by atoms with Crippen LogP contribution in [0.2, 0.25) is 49.9 Å². The predicted molar refractivity (Wildman–Crippen MR) is 488 cm³/mol. The Hall–Kier alpha value is -7.70. The molecule has 0 N–H and O–H groups in total. The highest BCUT2D eigenvalue weighted by Crippen LogP contribution is 2.43. The minimum Gasteiger partial charge on any atom is -0.125 e. The lowest BCUT2D eigenvalue weighted by Crippen LogP contribution is -2.43. The average molecular weight is 1570 g/mol. The molecular weight excluding hydrogens is 1440 g/mol. The summed E-state index contributed by atoms with van der Waals surface area (Å²) >= 11 is 2.47. The van der Waals surface area contributed by atoms with Crippen LogP contribution in [0, 0.1) is 118 Å². The number of allylic oxidation sites excluding steroid dienone is 6. The molecule has 5 rings (SSSR count). The Kier molecular flexibility index (Phi) is 43.9. The Balaban J connectivity index is 0.000000778. The van der Waals surface area contributed by atoms with Gasteiger partial charge in [0, 0.05) is 87.1 Å². The maximum atomic E-state index is 5.14. The van der Waals surface area contributed by atoms with Crippen LogP contribution in [-0.2, 0) is 0 Å². The van der Waals surface area contributed by atoms with Gasteiger partial charge >= 0.3 is 0 Å². The number of halogens is 1. The molecule has 5 aromatic rings. The maximum absolute atomic E-state index is 5.14. The second kappa shape index (κ2) is 49.3. The maximum Gasteiger partial charge on any atom is 0.146 e. The lowest BCUT2D eigenvalue weighted by atomic mass is 9.99. The van der Waals surface area contributed by atoms with Crippen molar-refractivity contribution in [1.29, 1.82) is 0 Å². The summed E-state index contributed by atoms with van der Waals surface area (Å²) < 4.78 is 1.42.